The van der Waals surface area contributed by atoms with E-state index in [2.05, 4.69) is 11.3 Å². The van der Waals surface area contributed by atoms with E-state index in [9.17, 15) is 4.55 Å². The van der Waals surface area contributed by atoms with Gasteiger partial charge in [0.15, 0.2) is 0 Å². The van der Waals surface area contributed by atoms with Crippen LogP contribution in [0.2, 0.25) is 5.02 Å². The normalized spacial score (nSPS) is 14.7. The van der Waals surface area contributed by atoms with Gasteiger partial charge in [0.05, 0.1) is 13.2 Å². The second kappa shape index (κ2) is 7.36. The number of halogens is 1. The molecular formula is C15H22ClNO2S. The molecule has 0 radical (unpaired) electrons. The Morgan fingerprint density at radius 3 is 2.65 bits per heavy atom. The van der Waals surface area contributed by atoms with Crippen LogP contribution in [0, 0.1) is 0 Å². The number of benzene rings is 1. The molecular weight excluding hydrogens is 294 g/mol. The van der Waals surface area contributed by atoms with Crippen LogP contribution in [0.4, 0.5) is 0 Å². The molecule has 1 aromatic rings. The molecule has 0 bridgehead atoms. The fraction of sp³-hybridized carbons (Fsp3) is 0.467. The lowest BCUT2D eigenvalue weighted by molar-refractivity contribution is 0.403. The molecule has 0 aliphatic carbocycles. The van der Waals surface area contributed by atoms with Crippen LogP contribution < -0.4 is 9.46 Å². The van der Waals surface area contributed by atoms with Gasteiger partial charge in [0.1, 0.15) is 10.5 Å². The molecule has 112 valence electrons. The zero-order valence-electron chi connectivity index (χ0n) is 12.4. The van der Waals surface area contributed by atoms with E-state index >= 15 is 0 Å². The Morgan fingerprint density at radius 1 is 1.50 bits per heavy atom. The average molecular weight is 316 g/mol. The maximum Gasteiger partial charge on any atom is 0.136 e. The summed E-state index contributed by atoms with van der Waals surface area (Å²) in [6, 6.07) is 5.28. The van der Waals surface area contributed by atoms with Gasteiger partial charge in [0.25, 0.3) is 0 Å². The number of nitrogens with one attached hydrogen (secondary N) is 1. The van der Waals surface area contributed by atoms with Crippen molar-refractivity contribution in [3.05, 3.63) is 41.4 Å². The van der Waals surface area contributed by atoms with Crippen molar-refractivity contribution in [1.29, 1.82) is 0 Å². The van der Waals surface area contributed by atoms with Gasteiger partial charge in [-0.25, -0.2) is 0 Å². The summed E-state index contributed by atoms with van der Waals surface area (Å²) < 4.78 is 20.5. The first-order chi connectivity index (χ1) is 9.31. The predicted molar refractivity (Wildman–Crippen MR) is 86.6 cm³/mol. The zero-order valence-corrected chi connectivity index (χ0v) is 14.0. The Morgan fingerprint density at radius 2 is 2.15 bits per heavy atom. The molecule has 1 rings (SSSR count). The fourth-order valence-electron chi connectivity index (χ4n) is 1.73. The van der Waals surface area contributed by atoms with Gasteiger partial charge in [-0.15, -0.1) is 11.3 Å². The predicted octanol–water partition coefficient (Wildman–Crippen LogP) is 4.02. The quantitative estimate of drug-likeness (QED) is 0.637. The number of methoxy groups -OCH3 is 1. The largest absolute Gasteiger partial charge is 0.598 e. The maximum atomic E-state index is 12.3. The van der Waals surface area contributed by atoms with Gasteiger partial charge in [-0.3, -0.25) is 0 Å². The van der Waals surface area contributed by atoms with Crippen molar-refractivity contribution < 1.29 is 9.29 Å². The molecule has 0 saturated carbocycles. The summed E-state index contributed by atoms with van der Waals surface area (Å²) in [5.41, 5.74) is 0.814. The number of ether oxygens (including phenoxy) is 1. The first-order valence-corrected chi connectivity index (χ1v) is 7.95. The van der Waals surface area contributed by atoms with Crippen molar-refractivity contribution in [3.63, 3.8) is 0 Å². The van der Waals surface area contributed by atoms with Crippen molar-refractivity contribution in [2.75, 3.05) is 7.11 Å². The van der Waals surface area contributed by atoms with Gasteiger partial charge in [0, 0.05) is 21.9 Å². The highest BCUT2D eigenvalue weighted by Crippen LogP contribution is 2.35. The first kappa shape index (κ1) is 17.4. The van der Waals surface area contributed by atoms with Crippen LogP contribution in [-0.4, -0.2) is 16.4 Å². The molecule has 0 amide bonds. The minimum atomic E-state index is -1.20. The molecule has 0 spiro atoms. The Bertz CT molecular complexity index is 460. The molecule has 0 fully saturated rings. The van der Waals surface area contributed by atoms with Crippen molar-refractivity contribution >= 4 is 23.0 Å². The topological polar surface area (TPSA) is 44.3 Å². The molecule has 1 N–H and O–H groups in total. The Labute approximate surface area is 129 Å². The van der Waals surface area contributed by atoms with E-state index in [1.807, 2.05) is 32.9 Å². The summed E-state index contributed by atoms with van der Waals surface area (Å²) in [6.07, 6.45) is 2.39. The van der Waals surface area contributed by atoms with Crippen LogP contribution in [-0.2, 0) is 11.4 Å². The smallest absolute Gasteiger partial charge is 0.136 e. The summed E-state index contributed by atoms with van der Waals surface area (Å²) in [7, 11) is 1.60. The lowest BCUT2D eigenvalue weighted by atomic mass is 10.0. The van der Waals surface area contributed by atoms with Crippen LogP contribution >= 0.6 is 11.6 Å². The molecule has 0 aromatic heterocycles. The summed E-state index contributed by atoms with van der Waals surface area (Å²) in [6.45, 7) is 9.52. The van der Waals surface area contributed by atoms with Gasteiger partial charge < -0.3 is 9.29 Å². The second-order valence-corrected chi connectivity index (χ2v) is 7.84. The second-order valence-electron chi connectivity index (χ2n) is 5.43. The molecule has 1 aromatic carbocycles. The third-order valence-corrected chi connectivity index (χ3v) is 4.73. The van der Waals surface area contributed by atoms with Crippen LogP contribution in [0.25, 0.3) is 0 Å². The molecule has 0 aliphatic rings. The third kappa shape index (κ3) is 4.42. The highest BCUT2D eigenvalue weighted by atomic mass is 35.5. The minimum Gasteiger partial charge on any atom is -0.598 e. The summed E-state index contributed by atoms with van der Waals surface area (Å²) >= 11 is 5.08. The number of hydrogen-bond donors (Lipinski definition) is 1. The van der Waals surface area contributed by atoms with E-state index < -0.39 is 11.4 Å². The van der Waals surface area contributed by atoms with Gasteiger partial charge in [-0.2, -0.15) is 0 Å². The van der Waals surface area contributed by atoms with Crippen molar-refractivity contribution in [3.8, 4) is 5.75 Å². The van der Waals surface area contributed by atoms with Crippen molar-refractivity contribution in [2.24, 2.45) is 0 Å². The molecule has 0 saturated heterocycles. The van der Waals surface area contributed by atoms with Gasteiger partial charge in [-0.1, -0.05) is 23.7 Å². The summed E-state index contributed by atoms with van der Waals surface area (Å²) in [5.74, 6) is 0.683. The monoisotopic (exact) mass is 315 g/mol. The van der Waals surface area contributed by atoms with E-state index in [1.165, 1.54) is 0 Å². The average Bonchev–Trinajstić information content (AvgIpc) is 2.36. The van der Waals surface area contributed by atoms with Gasteiger partial charge in [0.2, 0.25) is 0 Å². The number of rotatable bonds is 6. The molecule has 20 heavy (non-hydrogen) atoms. The van der Waals surface area contributed by atoms with Gasteiger partial charge in [-0.05, 0) is 39.3 Å². The highest BCUT2D eigenvalue weighted by Gasteiger charge is 2.31. The minimum absolute atomic E-state index is 0.198. The molecule has 1 unspecified atom stereocenters. The van der Waals surface area contributed by atoms with Crippen molar-refractivity contribution in [1.82, 2.24) is 4.72 Å². The number of hydrogen-bond acceptors (Lipinski definition) is 3. The van der Waals surface area contributed by atoms with Gasteiger partial charge >= 0.3 is 0 Å². The van der Waals surface area contributed by atoms with Crippen LogP contribution in [0.5, 0.6) is 5.75 Å². The van der Waals surface area contributed by atoms with Crippen LogP contribution in [0.3, 0.4) is 0 Å². The van der Waals surface area contributed by atoms with Crippen LogP contribution in [0.1, 0.15) is 38.8 Å². The molecule has 0 heterocycles. The SMILES string of the molecule is C=CCC(N[S@@+]([O-])C(C)(C)C)c1c(Cl)cccc1OC. The summed E-state index contributed by atoms with van der Waals surface area (Å²) in [5, 5.41) is 0.592. The first-order valence-electron chi connectivity index (χ1n) is 6.42. The van der Waals surface area contributed by atoms with E-state index in [0.717, 1.165) is 5.56 Å². The van der Waals surface area contributed by atoms with E-state index in [-0.39, 0.29) is 10.8 Å². The lowest BCUT2D eigenvalue weighted by Crippen LogP contribution is -2.41. The Kier molecular flexibility index (Phi) is 6.40. The zero-order chi connectivity index (χ0) is 15.3. The van der Waals surface area contributed by atoms with Crippen LogP contribution in [0.15, 0.2) is 30.9 Å². The Balaban J connectivity index is 3.11. The summed E-state index contributed by atoms with van der Waals surface area (Å²) in [4.78, 5) is 0. The fourth-order valence-corrected chi connectivity index (χ4v) is 2.85. The Hall–Kier alpha value is -0.680. The highest BCUT2D eigenvalue weighted by molar-refractivity contribution is 7.90. The third-order valence-electron chi connectivity index (χ3n) is 2.79. The molecule has 2 atom stereocenters. The maximum absolute atomic E-state index is 12.3. The van der Waals surface area contributed by atoms with E-state index in [1.54, 1.807) is 19.3 Å². The molecule has 3 nitrogen and oxygen atoms in total. The molecule has 5 heteroatoms. The van der Waals surface area contributed by atoms with E-state index in [0.29, 0.717) is 17.2 Å². The standard InChI is InChI=1S/C15H22ClNO2S/c1-6-8-12(17-20(18)15(2,3)4)14-11(16)9-7-10-13(14)19-5/h6-7,9-10,12,17H,1,8H2,2-5H3/t12?,20-/m0/s1. The lowest BCUT2D eigenvalue weighted by Gasteiger charge is -2.28. The van der Waals surface area contributed by atoms with E-state index in [4.69, 9.17) is 16.3 Å². The molecule has 0 aliphatic heterocycles. The van der Waals surface area contributed by atoms with Crippen molar-refractivity contribution in [2.45, 2.75) is 38.0 Å².